The fourth-order valence-electron chi connectivity index (χ4n) is 1.30. The van der Waals surface area contributed by atoms with E-state index in [2.05, 4.69) is 5.32 Å². The summed E-state index contributed by atoms with van der Waals surface area (Å²) in [6.45, 7) is 4.27. The van der Waals surface area contributed by atoms with Gasteiger partial charge in [0.25, 0.3) is 5.91 Å². The molecule has 0 aliphatic rings. The number of aryl methyl sites for hydroxylation is 1. The SMILES string of the molecule is COC(C)CNC(=O)c1cc(N)ccc1C. The number of ether oxygens (including phenoxy) is 1. The maximum atomic E-state index is 11.8. The second kappa shape index (κ2) is 5.51. The van der Waals surface area contributed by atoms with Gasteiger partial charge in [0.2, 0.25) is 0 Å². The molecule has 0 radical (unpaired) electrons. The van der Waals surface area contributed by atoms with Crippen molar-refractivity contribution in [2.75, 3.05) is 19.4 Å². The first-order valence-electron chi connectivity index (χ1n) is 5.21. The van der Waals surface area contributed by atoms with Crippen molar-refractivity contribution in [3.63, 3.8) is 0 Å². The number of hydrogen-bond donors (Lipinski definition) is 2. The maximum absolute atomic E-state index is 11.8. The number of nitrogen functional groups attached to an aromatic ring is 1. The fourth-order valence-corrected chi connectivity index (χ4v) is 1.30. The van der Waals surface area contributed by atoms with Crippen molar-refractivity contribution in [1.29, 1.82) is 0 Å². The highest BCUT2D eigenvalue weighted by Gasteiger charge is 2.10. The van der Waals surface area contributed by atoms with Crippen LogP contribution < -0.4 is 11.1 Å². The summed E-state index contributed by atoms with van der Waals surface area (Å²) in [6, 6.07) is 5.30. The fraction of sp³-hybridized carbons (Fsp3) is 0.417. The average Bonchev–Trinajstić information content (AvgIpc) is 2.28. The zero-order chi connectivity index (χ0) is 12.1. The smallest absolute Gasteiger partial charge is 0.251 e. The summed E-state index contributed by atoms with van der Waals surface area (Å²) in [6.07, 6.45) is 0.00492. The van der Waals surface area contributed by atoms with Crippen LogP contribution in [0.3, 0.4) is 0 Å². The first-order chi connectivity index (χ1) is 7.54. The molecule has 4 heteroatoms. The van der Waals surface area contributed by atoms with E-state index in [1.807, 2.05) is 19.9 Å². The number of rotatable bonds is 4. The van der Waals surface area contributed by atoms with Crippen molar-refractivity contribution in [2.45, 2.75) is 20.0 Å². The molecule has 3 N–H and O–H groups in total. The minimum atomic E-state index is -0.117. The van der Waals surface area contributed by atoms with Crippen molar-refractivity contribution < 1.29 is 9.53 Å². The van der Waals surface area contributed by atoms with Crippen LogP contribution in [0.25, 0.3) is 0 Å². The van der Waals surface area contributed by atoms with Gasteiger partial charge in [0, 0.05) is 24.9 Å². The summed E-state index contributed by atoms with van der Waals surface area (Å²) >= 11 is 0. The third kappa shape index (κ3) is 3.24. The van der Waals surface area contributed by atoms with Gasteiger partial charge in [-0.25, -0.2) is 0 Å². The Hall–Kier alpha value is -1.55. The van der Waals surface area contributed by atoms with Crippen LogP contribution >= 0.6 is 0 Å². The van der Waals surface area contributed by atoms with Gasteiger partial charge in [0.15, 0.2) is 0 Å². The Morgan fingerprint density at radius 2 is 2.25 bits per heavy atom. The number of methoxy groups -OCH3 is 1. The third-order valence-electron chi connectivity index (χ3n) is 2.46. The summed E-state index contributed by atoms with van der Waals surface area (Å²) < 4.78 is 5.05. The molecule has 1 amide bonds. The summed E-state index contributed by atoms with van der Waals surface area (Å²) in [4.78, 5) is 11.8. The van der Waals surface area contributed by atoms with Gasteiger partial charge in [-0.15, -0.1) is 0 Å². The molecule has 0 heterocycles. The number of amides is 1. The Balaban J connectivity index is 2.69. The molecule has 1 aromatic carbocycles. The first kappa shape index (κ1) is 12.5. The lowest BCUT2D eigenvalue weighted by Gasteiger charge is -2.12. The number of benzene rings is 1. The third-order valence-corrected chi connectivity index (χ3v) is 2.46. The van der Waals surface area contributed by atoms with E-state index in [0.29, 0.717) is 17.8 Å². The van der Waals surface area contributed by atoms with Gasteiger partial charge >= 0.3 is 0 Å². The molecule has 1 unspecified atom stereocenters. The van der Waals surface area contributed by atoms with E-state index in [-0.39, 0.29) is 12.0 Å². The van der Waals surface area contributed by atoms with E-state index in [1.54, 1.807) is 19.2 Å². The lowest BCUT2D eigenvalue weighted by molar-refractivity contribution is 0.0870. The second-order valence-corrected chi connectivity index (χ2v) is 3.83. The Kier molecular flexibility index (Phi) is 4.31. The van der Waals surface area contributed by atoms with Crippen molar-refractivity contribution in [3.05, 3.63) is 29.3 Å². The number of carbonyl (C=O) groups excluding carboxylic acids is 1. The van der Waals surface area contributed by atoms with Gasteiger partial charge in [-0.05, 0) is 31.5 Å². The van der Waals surface area contributed by atoms with Gasteiger partial charge in [-0.1, -0.05) is 6.07 Å². The van der Waals surface area contributed by atoms with Crippen LogP contribution in [0, 0.1) is 6.92 Å². The quantitative estimate of drug-likeness (QED) is 0.756. The average molecular weight is 222 g/mol. The predicted molar refractivity (Wildman–Crippen MR) is 64.4 cm³/mol. The summed E-state index contributed by atoms with van der Waals surface area (Å²) in [5, 5.41) is 2.80. The minimum Gasteiger partial charge on any atom is -0.399 e. The minimum absolute atomic E-state index is 0.00492. The van der Waals surface area contributed by atoms with Crippen LogP contribution in [-0.2, 0) is 4.74 Å². The van der Waals surface area contributed by atoms with E-state index < -0.39 is 0 Å². The van der Waals surface area contributed by atoms with Crippen molar-refractivity contribution >= 4 is 11.6 Å². The Morgan fingerprint density at radius 1 is 1.56 bits per heavy atom. The molecule has 0 saturated heterocycles. The van der Waals surface area contributed by atoms with E-state index in [1.165, 1.54) is 0 Å². The second-order valence-electron chi connectivity index (χ2n) is 3.83. The standard InChI is InChI=1S/C12H18N2O2/c1-8-4-5-10(13)6-11(8)12(15)14-7-9(2)16-3/h4-6,9H,7,13H2,1-3H3,(H,14,15). The highest BCUT2D eigenvalue weighted by molar-refractivity contribution is 5.96. The van der Waals surface area contributed by atoms with Crippen molar-refractivity contribution in [2.24, 2.45) is 0 Å². The monoisotopic (exact) mass is 222 g/mol. The molecular formula is C12H18N2O2. The molecule has 0 aliphatic carbocycles. The van der Waals surface area contributed by atoms with Crippen LogP contribution in [0.1, 0.15) is 22.8 Å². The van der Waals surface area contributed by atoms with E-state index in [9.17, 15) is 4.79 Å². The first-order valence-corrected chi connectivity index (χ1v) is 5.21. The summed E-state index contributed by atoms with van der Waals surface area (Å²) in [5.74, 6) is -0.117. The van der Waals surface area contributed by atoms with Gasteiger partial charge in [-0.3, -0.25) is 4.79 Å². The van der Waals surface area contributed by atoms with Crippen molar-refractivity contribution in [1.82, 2.24) is 5.32 Å². The van der Waals surface area contributed by atoms with Crippen LogP contribution in [0.4, 0.5) is 5.69 Å². The maximum Gasteiger partial charge on any atom is 0.251 e. The normalized spacial score (nSPS) is 12.2. The molecule has 16 heavy (non-hydrogen) atoms. The van der Waals surface area contributed by atoms with Crippen LogP contribution in [-0.4, -0.2) is 25.7 Å². The Labute approximate surface area is 95.8 Å². The molecule has 1 atom stereocenters. The molecule has 0 bridgehead atoms. The van der Waals surface area contributed by atoms with Crippen molar-refractivity contribution in [3.8, 4) is 0 Å². The number of nitrogens with one attached hydrogen (secondary N) is 1. The highest BCUT2D eigenvalue weighted by Crippen LogP contribution is 2.12. The number of carbonyl (C=O) groups is 1. The number of nitrogens with two attached hydrogens (primary N) is 1. The largest absolute Gasteiger partial charge is 0.399 e. The zero-order valence-electron chi connectivity index (χ0n) is 9.91. The van der Waals surface area contributed by atoms with Crippen LogP contribution in [0.2, 0.25) is 0 Å². The molecule has 0 aliphatic heterocycles. The summed E-state index contributed by atoms with van der Waals surface area (Å²) in [7, 11) is 1.61. The topological polar surface area (TPSA) is 64.3 Å². The molecule has 1 rings (SSSR count). The zero-order valence-corrected chi connectivity index (χ0v) is 9.91. The van der Waals surface area contributed by atoms with Gasteiger partial charge < -0.3 is 15.8 Å². The lowest BCUT2D eigenvalue weighted by atomic mass is 10.1. The van der Waals surface area contributed by atoms with E-state index >= 15 is 0 Å². The van der Waals surface area contributed by atoms with Gasteiger partial charge in [0.1, 0.15) is 0 Å². The molecule has 0 spiro atoms. The van der Waals surface area contributed by atoms with Crippen LogP contribution in [0.15, 0.2) is 18.2 Å². The number of hydrogen-bond acceptors (Lipinski definition) is 3. The molecule has 4 nitrogen and oxygen atoms in total. The highest BCUT2D eigenvalue weighted by atomic mass is 16.5. The molecule has 0 aromatic heterocycles. The van der Waals surface area contributed by atoms with Crippen LogP contribution in [0.5, 0.6) is 0 Å². The molecular weight excluding hydrogens is 204 g/mol. The Bertz CT molecular complexity index is 377. The van der Waals surface area contributed by atoms with Gasteiger partial charge in [0.05, 0.1) is 6.10 Å². The van der Waals surface area contributed by atoms with Gasteiger partial charge in [-0.2, -0.15) is 0 Å². The summed E-state index contributed by atoms with van der Waals surface area (Å²) in [5.41, 5.74) is 7.76. The van der Waals surface area contributed by atoms with E-state index in [0.717, 1.165) is 5.56 Å². The molecule has 1 aromatic rings. The van der Waals surface area contributed by atoms with E-state index in [4.69, 9.17) is 10.5 Å². The molecule has 0 saturated carbocycles. The Morgan fingerprint density at radius 3 is 2.88 bits per heavy atom. The lowest BCUT2D eigenvalue weighted by Crippen LogP contribution is -2.32. The number of anilines is 1. The molecule has 88 valence electrons. The molecule has 0 fully saturated rings. The predicted octanol–water partition coefficient (Wildman–Crippen LogP) is 1.34.